The van der Waals surface area contributed by atoms with E-state index in [-0.39, 0.29) is 0 Å². The fourth-order valence-electron chi connectivity index (χ4n) is 4.64. The molecule has 0 saturated carbocycles. The first-order chi connectivity index (χ1) is 18.0. The Morgan fingerprint density at radius 3 is 0.946 bits per heavy atom. The van der Waals surface area contributed by atoms with Crippen LogP contribution < -0.4 is 0 Å². The van der Waals surface area contributed by atoms with Gasteiger partial charge in [0.1, 0.15) is 0 Å². The average Bonchev–Trinajstić information content (AvgIpc) is 3.68. The normalized spacial score (nSPS) is 11.4. The molecule has 7 heteroatoms. The molecule has 0 unspecified atom stereocenters. The Bertz CT molecular complexity index is 1440. The first kappa shape index (κ1) is 22.8. The van der Waals surface area contributed by atoms with E-state index in [1.54, 1.807) is 0 Å². The highest BCUT2D eigenvalue weighted by molar-refractivity contribution is 6.52. The number of benzene rings is 3. The molecule has 0 spiro atoms. The van der Waals surface area contributed by atoms with E-state index in [2.05, 4.69) is 112 Å². The van der Waals surface area contributed by atoms with Gasteiger partial charge in [0.25, 0.3) is 0 Å². The number of nitrogens with zero attached hydrogens (tertiary/aromatic N) is 6. The van der Waals surface area contributed by atoms with Crippen molar-refractivity contribution in [2.75, 3.05) is 0 Å². The molecule has 0 amide bonds. The number of rotatable bonds is 6. The van der Waals surface area contributed by atoms with Gasteiger partial charge in [0.15, 0.2) is 0 Å². The molecule has 0 aliphatic carbocycles. The van der Waals surface area contributed by atoms with Crippen LogP contribution in [0.4, 0.5) is 0 Å². The number of aromatic nitrogens is 6. The van der Waals surface area contributed by atoms with E-state index in [4.69, 9.17) is 15.3 Å². The quantitative estimate of drug-likeness (QED) is 0.279. The number of aryl methyl sites for hydroxylation is 3. The van der Waals surface area contributed by atoms with Gasteiger partial charge < -0.3 is 13.8 Å². The van der Waals surface area contributed by atoms with Gasteiger partial charge in [-0.25, -0.2) is 15.3 Å². The van der Waals surface area contributed by atoms with Gasteiger partial charge in [-0.05, 0) is 57.6 Å². The summed E-state index contributed by atoms with van der Waals surface area (Å²) in [6.07, 6.45) is 6.07. The first-order valence-corrected chi connectivity index (χ1v) is 12.6. The van der Waals surface area contributed by atoms with Crippen LogP contribution in [0, 0.1) is 20.8 Å². The van der Waals surface area contributed by atoms with Crippen molar-refractivity contribution in [3.8, 4) is 33.8 Å². The molecule has 0 N–H and O–H groups in total. The third-order valence-electron chi connectivity index (χ3n) is 6.83. The molecule has 6 nitrogen and oxygen atoms in total. The van der Waals surface area contributed by atoms with Crippen molar-refractivity contribution in [3.63, 3.8) is 0 Å². The molecular weight excluding hydrogens is 455 g/mol. The van der Waals surface area contributed by atoms with Crippen molar-refractivity contribution in [2.24, 2.45) is 0 Å². The summed E-state index contributed by atoms with van der Waals surface area (Å²) in [6, 6.07) is 31.5. The second-order valence-electron chi connectivity index (χ2n) is 9.74. The highest BCUT2D eigenvalue weighted by Gasteiger charge is 2.16. The summed E-state index contributed by atoms with van der Waals surface area (Å²) in [7, 11) is -1.50. The Kier molecular flexibility index (Phi) is 5.81. The Morgan fingerprint density at radius 2 is 0.676 bits per heavy atom. The van der Waals surface area contributed by atoms with Crippen LogP contribution in [0.25, 0.3) is 33.8 Å². The third-order valence-corrected chi connectivity index (χ3v) is 6.83. The lowest BCUT2D eigenvalue weighted by Gasteiger charge is -2.26. The summed E-state index contributed by atoms with van der Waals surface area (Å²) in [5.74, 6) is 0. The minimum Gasteiger partial charge on any atom is -0.402 e. The van der Waals surface area contributed by atoms with Crippen LogP contribution in [0.15, 0.2) is 110 Å². The highest BCUT2D eigenvalue weighted by atomic mass is 15.4. The fraction of sp³-hybridized carbons (Fsp3) is 0.100. The van der Waals surface area contributed by atoms with Crippen LogP contribution >= 0.6 is 0 Å². The van der Waals surface area contributed by atoms with Crippen molar-refractivity contribution in [3.05, 3.63) is 126 Å². The van der Waals surface area contributed by atoms with Gasteiger partial charge in [0, 0.05) is 16.7 Å². The summed E-state index contributed by atoms with van der Waals surface area (Å²) < 4.78 is 5.98. The molecule has 0 aliphatic heterocycles. The molecule has 0 saturated heterocycles. The van der Waals surface area contributed by atoms with Crippen molar-refractivity contribution in [1.82, 2.24) is 29.1 Å². The van der Waals surface area contributed by atoms with E-state index in [0.717, 1.165) is 33.8 Å². The highest BCUT2D eigenvalue weighted by Crippen LogP contribution is 2.22. The zero-order chi connectivity index (χ0) is 25.4. The molecule has 3 aromatic carbocycles. The second-order valence-corrected chi connectivity index (χ2v) is 9.74. The van der Waals surface area contributed by atoms with Crippen LogP contribution in [0.3, 0.4) is 0 Å². The van der Waals surface area contributed by atoms with E-state index >= 15 is 0 Å². The largest absolute Gasteiger partial charge is 0.402 e. The molecule has 6 aromatic rings. The van der Waals surface area contributed by atoms with Crippen molar-refractivity contribution in [2.45, 2.75) is 20.8 Å². The Morgan fingerprint density at radius 1 is 0.405 bits per heavy atom. The van der Waals surface area contributed by atoms with Crippen molar-refractivity contribution >= 4 is 7.12 Å². The molecule has 0 aliphatic rings. The van der Waals surface area contributed by atoms with Gasteiger partial charge >= 0.3 is 7.12 Å². The van der Waals surface area contributed by atoms with Crippen molar-refractivity contribution in [1.29, 1.82) is 0 Å². The molecule has 182 valence electrons. The summed E-state index contributed by atoms with van der Waals surface area (Å²) in [5, 5.41) is 14.9. The number of hydrogen-bond donors (Lipinski definition) is 0. The molecule has 0 bridgehead atoms. The molecule has 37 heavy (non-hydrogen) atoms. The van der Waals surface area contributed by atoms with Crippen LogP contribution in [0.2, 0.25) is 0 Å². The monoisotopic (exact) mass is 483 g/mol. The van der Waals surface area contributed by atoms with Crippen LogP contribution in [-0.2, 0) is 0 Å². The van der Waals surface area contributed by atoms with Gasteiger partial charge in [0.05, 0.1) is 17.1 Å². The second kappa shape index (κ2) is 9.43. The predicted molar refractivity (Wildman–Crippen MR) is 151 cm³/mol. The minimum atomic E-state index is -1.50. The molecule has 0 atom stereocenters. The fourth-order valence-corrected chi connectivity index (χ4v) is 4.64. The summed E-state index contributed by atoms with van der Waals surface area (Å²) >= 11 is 0. The standard InChI is InChI=1S/C30H28BN6/c1-22-4-10-25(11-5-22)28-16-19-35(32-28)31(36-20-17-29(33-36)26-12-6-23(2)7-13-26)37-21-18-30(34-37)27-14-8-24(3)9-15-27/h4-21,31H,1-3H3/q-1. The van der Waals surface area contributed by atoms with Gasteiger partial charge in [-0.1, -0.05) is 89.5 Å². The zero-order valence-electron chi connectivity index (χ0n) is 21.3. The lowest BCUT2D eigenvalue weighted by atomic mass is 9.96. The van der Waals surface area contributed by atoms with Gasteiger partial charge in [0.2, 0.25) is 0 Å². The summed E-state index contributed by atoms with van der Waals surface area (Å²) in [5.41, 5.74) is 9.72. The van der Waals surface area contributed by atoms with E-state index in [9.17, 15) is 0 Å². The number of hydrogen-bond acceptors (Lipinski definition) is 3. The van der Waals surface area contributed by atoms with Gasteiger partial charge in [-0.3, -0.25) is 0 Å². The Labute approximate surface area is 217 Å². The van der Waals surface area contributed by atoms with E-state index in [0.29, 0.717) is 0 Å². The molecule has 3 heterocycles. The van der Waals surface area contributed by atoms with Crippen molar-refractivity contribution < 1.29 is 0 Å². The first-order valence-electron chi connectivity index (χ1n) is 12.6. The topological polar surface area (TPSA) is 53.5 Å². The minimum absolute atomic E-state index is 0.925. The lowest BCUT2D eigenvalue weighted by molar-refractivity contribution is 0.775. The van der Waals surface area contributed by atoms with Gasteiger partial charge in [-0.2, -0.15) is 0 Å². The Hall–Kier alpha value is -4.65. The maximum Gasteiger partial charge on any atom is 0.326 e. The molecular formula is C30H28BN6-. The lowest BCUT2D eigenvalue weighted by Crippen LogP contribution is -2.42. The van der Waals surface area contributed by atoms with E-state index < -0.39 is 7.12 Å². The molecule has 6 rings (SSSR count). The smallest absolute Gasteiger partial charge is 0.326 e. The third kappa shape index (κ3) is 4.63. The summed E-state index contributed by atoms with van der Waals surface area (Å²) in [6.45, 7) is 6.28. The van der Waals surface area contributed by atoms with E-state index in [1.165, 1.54) is 16.7 Å². The van der Waals surface area contributed by atoms with Crippen LogP contribution in [-0.4, -0.2) is 36.2 Å². The maximum atomic E-state index is 4.98. The van der Waals surface area contributed by atoms with E-state index in [1.807, 2.05) is 32.4 Å². The van der Waals surface area contributed by atoms with Gasteiger partial charge in [-0.15, -0.1) is 0 Å². The SMILES string of the molecule is Cc1ccc(-c2ccn([BH-](n3ccc(-c4ccc(C)cc4)n3)n3ccc(-c4ccc(C)cc4)n3)n2)cc1. The molecule has 0 radical (unpaired) electrons. The van der Waals surface area contributed by atoms with Crippen LogP contribution in [0.5, 0.6) is 0 Å². The zero-order valence-corrected chi connectivity index (χ0v) is 21.3. The predicted octanol–water partition coefficient (Wildman–Crippen LogP) is 5.86. The summed E-state index contributed by atoms with van der Waals surface area (Å²) in [4.78, 5) is 0. The van der Waals surface area contributed by atoms with Crippen LogP contribution in [0.1, 0.15) is 16.7 Å². The molecule has 0 fully saturated rings. The molecule has 3 aromatic heterocycles. The average molecular weight is 483 g/mol. The Balaban J connectivity index is 1.41. The maximum absolute atomic E-state index is 4.98.